The van der Waals surface area contributed by atoms with Crippen LogP contribution in [-0.4, -0.2) is 26.5 Å². The fourth-order valence-corrected chi connectivity index (χ4v) is 7.70. The van der Waals surface area contributed by atoms with Crippen LogP contribution < -0.4 is 0 Å². The van der Waals surface area contributed by atoms with Crippen LogP contribution in [-0.2, 0) is 9.59 Å². The molecule has 0 aliphatic rings. The molecule has 2 nitrogen and oxygen atoms in total. The van der Waals surface area contributed by atoms with Crippen molar-refractivity contribution in [2.45, 2.75) is 44.9 Å². The number of rotatable bonds is 9. The molecule has 0 aromatic rings. The smallest absolute Gasteiger partial charge is 0.122 e. The monoisotopic (exact) mass is 262 g/mol. The lowest BCUT2D eigenvalue weighted by molar-refractivity contribution is -0.110. The van der Waals surface area contributed by atoms with Crippen molar-refractivity contribution in [1.82, 2.24) is 0 Å². The Morgan fingerprint density at radius 3 is 1.88 bits per heavy atom. The van der Waals surface area contributed by atoms with Crippen LogP contribution in [0.25, 0.3) is 0 Å². The Labute approximate surface area is 105 Å². The normalized spacial score (nSPS) is 18.5. The highest BCUT2D eigenvalue weighted by atomic mass is 35.5. The molecule has 0 aromatic heterocycles. The van der Waals surface area contributed by atoms with E-state index in [1.54, 1.807) is 0 Å². The summed E-state index contributed by atoms with van der Waals surface area (Å²) in [6, 6.07) is 3.07. The van der Waals surface area contributed by atoms with E-state index >= 15 is 0 Å². The zero-order chi connectivity index (χ0) is 12.6. The summed E-state index contributed by atoms with van der Waals surface area (Å²) < 4.78 is 0. The van der Waals surface area contributed by atoms with Crippen molar-refractivity contribution in [3.8, 4) is 0 Å². The van der Waals surface area contributed by atoms with Gasteiger partial charge in [-0.25, -0.2) is 0 Å². The summed E-state index contributed by atoms with van der Waals surface area (Å²) in [6.07, 6.45) is 3.05. The van der Waals surface area contributed by atoms with E-state index < -0.39 is 8.07 Å². The molecule has 0 aromatic carbocycles. The number of carbonyl (C=O) groups excluding carboxylic acids is 2. The number of hydrogen-bond donors (Lipinski definition) is 0. The fourth-order valence-electron chi connectivity index (χ4n) is 2.43. The molecule has 0 spiro atoms. The first-order chi connectivity index (χ1) is 7.47. The summed E-state index contributed by atoms with van der Waals surface area (Å²) in [5, 5.41) is 0. The van der Waals surface area contributed by atoms with Gasteiger partial charge in [0.2, 0.25) is 0 Å². The van der Waals surface area contributed by atoms with Gasteiger partial charge in [0.05, 0.1) is 8.07 Å². The Morgan fingerprint density at radius 1 is 1.12 bits per heavy atom. The van der Waals surface area contributed by atoms with Crippen LogP contribution >= 0.6 is 11.6 Å². The van der Waals surface area contributed by atoms with Crippen LogP contribution in [0.2, 0.25) is 24.7 Å². The lowest BCUT2D eigenvalue weighted by atomic mass is 10.2. The van der Waals surface area contributed by atoms with Crippen LogP contribution in [0.1, 0.15) is 20.3 Å². The van der Waals surface area contributed by atoms with E-state index in [9.17, 15) is 9.59 Å². The number of aldehydes is 2. The third kappa shape index (κ3) is 6.43. The second-order valence-electron chi connectivity index (χ2n) is 5.24. The second-order valence-corrected chi connectivity index (χ2v) is 10.6. The van der Waals surface area contributed by atoms with E-state index in [4.69, 9.17) is 11.6 Å². The Balaban J connectivity index is 4.45. The van der Waals surface area contributed by atoms with Crippen LogP contribution in [0.3, 0.4) is 0 Å². The molecule has 0 aliphatic carbocycles. The van der Waals surface area contributed by atoms with Crippen LogP contribution in [0, 0.1) is 11.8 Å². The van der Waals surface area contributed by atoms with Crippen molar-refractivity contribution in [2.24, 2.45) is 11.8 Å². The van der Waals surface area contributed by atoms with Gasteiger partial charge < -0.3 is 9.59 Å². The van der Waals surface area contributed by atoms with Gasteiger partial charge in [-0.1, -0.05) is 26.4 Å². The van der Waals surface area contributed by atoms with Crippen molar-refractivity contribution in [1.29, 1.82) is 0 Å². The standard InChI is InChI=1S/C12H23ClO2Si/c1-11(7-14)9-16(3,6-4-5-13)10-12(2)8-15/h7-8,11-12H,4-6,9-10H2,1-3H3. The van der Waals surface area contributed by atoms with Gasteiger partial charge in [-0.2, -0.15) is 0 Å². The molecule has 0 rings (SSSR count). The Hall–Kier alpha value is -0.153. The van der Waals surface area contributed by atoms with Gasteiger partial charge in [0, 0.05) is 17.7 Å². The zero-order valence-corrected chi connectivity index (χ0v) is 12.3. The average Bonchev–Trinajstić information content (AvgIpc) is 2.25. The summed E-state index contributed by atoms with van der Waals surface area (Å²) in [6.45, 7) is 6.22. The lowest BCUT2D eigenvalue weighted by Gasteiger charge is -2.30. The summed E-state index contributed by atoms with van der Waals surface area (Å²) in [5.74, 6) is 0.907. The molecule has 0 saturated carbocycles. The van der Waals surface area contributed by atoms with Gasteiger partial charge >= 0.3 is 0 Å². The molecule has 0 aliphatic heterocycles. The lowest BCUT2D eigenvalue weighted by Crippen LogP contribution is -2.34. The molecule has 2 atom stereocenters. The molecule has 0 N–H and O–H groups in total. The van der Waals surface area contributed by atoms with Crippen molar-refractivity contribution in [3.63, 3.8) is 0 Å². The minimum Gasteiger partial charge on any atom is -0.303 e. The molecule has 0 saturated heterocycles. The van der Waals surface area contributed by atoms with Gasteiger partial charge in [-0.05, 0) is 18.5 Å². The van der Waals surface area contributed by atoms with Crippen LogP contribution in [0.5, 0.6) is 0 Å². The topological polar surface area (TPSA) is 34.1 Å². The van der Waals surface area contributed by atoms with E-state index in [2.05, 4.69) is 6.55 Å². The maximum atomic E-state index is 10.7. The first-order valence-corrected chi connectivity index (χ1v) is 9.59. The zero-order valence-electron chi connectivity index (χ0n) is 10.5. The highest BCUT2D eigenvalue weighted by Crippen LogP contribution is 2.29. The molecule has 0 heterocycles. The van der Waals surface area contributed by atoms with Crippen LogP contribution in [0.15, 0.2) is 0 Å². The van der Waals surface area contributed by atoms with E-state index in [1.165, 1.54) is 0 Å². The molecular formula is C12H23ClO2Si. The molecule has 0 radical (unpaired) electrons. The van der Waals surface area contributed by atoms with E-state index in [0.717, 1.165) is 37.1 Å². The summed E-state index contributed by atoms with van der Waals surface area (Å²) in [7, 11) is -1.49. The van der Waals surface area contributed by atoms with Crippen molar-refractivity contribution in [2.75, 3.05) is 5.88 Å². The molecule has 16 heavy (non-hydrogen) atoms. The molecule has 0 amide bonds. The van der Waals surface area contributed by atoms with Gasteiger partial charge in [0.25, 0.3) is 0 Å². The molecule has 0 bridgehead atoms. The molecule has 0 fully saturated rings. The highest BCUT2D eigenvalue weighted by molar-refractivity contribution is 6.79. The van der Waals surface area contributed by atoms with E-state index in [0.29, 0.717) is 5.88 Å². The Morgan fingerprint density at radius 2 is 1.56 bits per heavy atom. The largest absolute Gasteiger partial charge is 0.303 e. The van der Waals surface area contributed by atoms with Crippen molar-refractivity contribution >= 4 is 32.2 Å². The highest BCUT2D eigenvalue weighted by Gasteiger charge is 2.30. The molecular weight excluding hydrogens is 240 g/mol. The number of alkyl halides is 1. The minimum absolute atomic E-state index is 0.117. The van der Waals surface area contributed by atoms with E-state index in [-0.39, 0.29) is 11.8 Å². The maximum absolute atomic E-state index is 10.7. The predicted octanol–water partition coefficient (Wildman–Crippen LogP) is 3.36. The molecule has 94 valence electrons. The second kappa shape index (κ2) is 8.01. The fraction of sp³-hybridized carbons (Fsp3) is 0.833. The number of hydrogen-bond acceptors (Lipinski definition) is 2. The minimum atomic E-state index is -1.49. The van der Waals surface area contributed by atoms with Crippen molar-refractivity contribution < 1.29 is 9.59 Å². The SMILES string of the molecule is CC(C=O)C[Si](C)(CCCCl)CC(C)C=O. The van der Waals surface area contributed by atoms with Crippen LogP contribution in [0.4, 0.5) is 0 Å². The summed E-state index contributed by atoms with van der Waals surface area (Å²) in [5.41, 5.74) is 0. The summed E-state index contributed by atoms with van der Waals surface area (Å²) in [4.78, 5) is 21.5. The first kappa shape index (κ1) is 15.8. The number of carbonyl (C=O) groups is 2. The third-order valence-corrected chi connectivity index (χ3v) is 8.10. The Kier molecular flexibility index (Phi) is 7.94. The van der Waals surface area contributed by atoms with Gasteiger partial charge in [0.15, 0.2) is 0 Å². The first-order valence-electron chi connectivity index (χ1n) is 5.94. The van der Waals surface area contributed by atoms with Gasteiger partial charge in [-0.15, -0.1) is 11.6 Å². The third-order valence-electron chi connectivity index (χ3n) is 3.01. The Bertz CT molecular complexity index is 205. The summed E-state index contributed by atoms with van der Waals surface area (Å²) >= 11 is 5.73. The molecule has 2 unspecified atom stereocenters. The van der Waals surface area contributed by atoms with Gasteiger partial charge in [-0.3, -0.25) is 0 Å². The maximum Gasteiger partial charge on any atom is 0.122 e. The van der Waals surface area contributed by atoms with E-state index in [1.807, 2.05) is 13.8 Å². The van der Waals surface area contributed by atoms with Crippen molar-refractivity contribution in [3.05, 3.63) is 0 Å². The van der Waals surface area contributed by atoms with Gasteiger partial charge in [0.1, 0.15) is 12.6 Å². The molecule has 4 heteroatoms. The predicted molar refractivity (Wildman–Crippen MR) is 71.8 cm³/mol. The number of halogens is 1. The quantitative estimate of drug-likeness (QED) is 0.363. The average molecular weight is 263 g/mol.